The molecule has 0 aromatic carbocycles. The lowest BCUT2D eigenvalue weighted by molar-refractivity contribution is 0.596. The number of allylic oxidation sites excluding steroid dienone is 1. The Morgan fingerprint density at radius 2 is 1.25 bits per heavy atom. The molecule has 0 aromatic rings. The van der Waals surface area contributed by atoms with E-state index in [2.05, 4.69) is 20.4 Å². The first-order valence-corrected chi connectivity index (χ1v) is 7.27. The van der Waals surface area contributed by atoms with Crippen LogP contribution in [0.4, 0.5) is 0 Å². The first kappa shape index (κ1) is 15.7. The molecule has 0 unspecified atom stereocenters. The number of hydrogen-bond acceptors (Lipinski definition) is 0. The summed E-state index contributed by atoms with van der Waals surface area (Å²) >= 11 is 0. The van der Waals surface area contributed by atoms with Gasteiger partial charge in [0.25, 0.3) is 0 Å². The standard InChI is InChI=1S/C16H31/c1-4-6-8-10-11-13-15-16(3)14-12-9-7-5-2/h2-15H2,1H3. The molecule has 0 fully saturated rings. The molecule has 0 nitrogen and oxygen atoms in total. The van der Waals surface area contributed by atoms with Crippen LogP contribution in [0.2, 0.25) is 0 Å². The highest BCUT2D eigenvalue weighted by molar-refractivity contribution is 4.93. The van der Waals surface area contributed by atoms with Crippen molar-refractivity contribution in [1.29, 1.82) is 0 Å². The summed E-state index contributed by atoms with van der Waals surface area (Å²) in [6.45, 7) is 10.3. The van der Waals surface area contributed by atoms with Crippen molar-refractivity contribution in [2.75, 3.05) is 0 Å². The third kappa shape index (κ3) is 11.8. The van der Waals surface area contributed by atoms with E-state index < -0.39 is 0 Å². The van der Waals surface area contributed by atoms with Crippen LogP contribution in [-0.4, -0.2) is 0 Å². The van der Waals surface area contributed by atoms with Gasteiger partial charge in [-0.2, -0.15) is 0 Å². The molecule has 16 heavy (non-hydrogen) atoms. The topological polar surface area (TPSA) is 0 Å². The van der Waals surface area contributed by atoms with Crippen LogP contribution in [-0.2, 0) is 0 Å². The van der Waals surface area contributed by atoms with Gasteiger partial charge in [-0.1, -0.05) is 77.4 Å². The van der Waals surface area contributed by atoms with Gasteiger partial charge in [-0.05, 0) is 25.7 Å². The second kappa shape index (κ2) is 12.8. The summed E-state index contributed by atoms with van der Waals surface area (Å²) in [5.74, 6) is 0. The van der Waals surface area contributed by atoms with Crippen molar-refractivity contribution in [3.8, 4) is 0 Å². The highest BCUT2D eigenvalue weighted by Crippen LogP contribution is 2.16. The molecule has 1 radical (unpaired) electrons. The Balaban J connectivity index is 3.11. The molecule has 0 saturated heterocycles. The molecule has 0 saturated carbocycles. The maximum Gasteiger partial charge on any atom is -0.0323 e. The van der Waals surface area contributed by atoms with Crippen LogP contribution in [0.25, 0.3) is 0 Å². The van der Waals surface area contributed by atoms with Gasteiger partial charge in [0.2, 0.25) is 0 Å². The highest BCUT2D eigenvalue weighted by Gasteiger charge is 1.96. The van der Waals surface area contributed by atoms with Gasteiger partial charge < -0.3 is 0 Å². The zero-order chi connectivity index (χ0) is 12.1. The van der Waals surface area contributed by atoms with Gasteiger partial charge in [-0.3, -0.25) is 0 Å². The molecule has 0 amide bonds. The fraction of sp³-hybridized carbons (Fsp3) is 0.812. The fourth-order valence-corrected chi connectivity index (χ4v) is 2.01. The summed E-state index contributed by atoms with van der Waals surface area (Å²) in [6.07, 6.45) is 15.9. The Morgan fingerprint density at radius 3 is 1.81 bits per heavy atom. The Kier molecular flexibility index (Phi) is 12.6. The largest absolute Gasteiger partial charge is 0.0999 e. The molecule has 0 N–H and O–H groups in total. The Labute approximate surface area is 104 Å². The van der Waals surface area contributed by atoms with Gasteiger partial charge in [0.05, 0.1) is 0 Å². The molecule has 0 aromatic heterocycles. The minimum atomic E-state index is 1.09. The van der Waals surface area contributed by atoms with E-state index in [-0.39, 0.29) is 0 Å². The maximum atomic E-state index is 4.17. The van der Waals surface area contributed by atoms with Crippen LogP contribution >= 0.6 is 0 Å². The van der Waals surface area contributed by atoms with Crippen molar-refractivity contribution in [2.45, 2.75) is 84.0 Å². The summed E-state index contributed by atoms with van der Waals surface area (Å²) in [5.41, 5.74) is 1.47. The predicted octanol–water partition coefficient (Wildman–Crippen LogP) is 6.08. The third-order valence-corrected chi connectivity index (χ3v) is 3.16. The fourth-order valence-electron chi connectivity index (χ4n) is 2.01. The van der Waals surface area contributed by atoms with Crippen molar-refractivity contribution in [2.24, 2.45) is 0 Å². The minimum Gasteiger partial charge on any atom is -0.0999 e. The third-order valence-electron chi connectivity index (χ3n) is 3.16. The van der Waals surface area contributed by atoms with E-state index in [1.165, 1.54) is 76.2 Å². The van der Waals surface area contributed by atoms with E-state index in [1.54, 1.807) is 0 Å². The average Bonchev–Trinajstić information content (AvgIpc) is 2.29. The van der Waals surface area contributed by atoms with E-state index >= 15 is 0 Å². The number of rotatable bonds is 12. The smallest absolute Gasteiger partial charge is 0.0323 e. The van der Waals surface area contributed by atoms with Crippen LogP contribution in [0.1, 0.15) is 84.0 Å². The Bertz CT molecular complexity index is 146. The summed E-state index contributed by atoms with van der Waals surface area (Å²) in [7, 11) is 0. The van der Waals surface area contributed by atoms with Crippen LogP contribution in [0.15, 0.2) is 12.2 Å². The Hall–Kier alpha value is -0.260. The maximum absolute atomic E-state index is 4.17. The zero-order valence-electron chi connectivity index (χ0n) is 11.4. The summed E-state index contributed by atoms with van der Waals surface area (Å²) in [6, 6.07) is 0. The number of hydrogen-bond donors (Lipinski definition) is 0. The predicted molar refractivity (Wildman–Crippen MR) is 75.6 cm³/mol. The van der Waals surface area contributed by atoms with Crippen molar-refractivity contribution >= 4 is 0 Å². The van der Waals surface area contributed by atoms with E-state index in [9.17, 15) is 0 Å². The molecule has 0 aliphatic heterocycles. The van der Waals surface area contributed by atoms with Gasteiger partial charge in [0.15, 0.2) is 0 Å². The second-order valence-electron chi connectivity index (χ2n) is 4.93. The lowest BCUT2D eigenvalue weighted by Crippen LogP contribution is -1.85. The van der Waals surface area contributed by atoms with Crippen LogP contribution in [0, 0.1) is 6.92 Å². The quantitative estimate of drug-likeness (QED) is 0.278. The molecule has 0 aliphatic carbocycles. The van der Waals surface area contributed by atoms with Gasteiger partial charge in [0, 0.05) is 0 Å². The van der Waals surface area contributed by atoms with Crippen LogP contribution < -0.4 is 0 Å². The van der Waals surface area contributed by atoms with Gasteiger partial charge >= 0.3 is 0 Å². The van der Waals surface area contributed by atoms with E-state index in [4.69, 9.17) is 0 Å². The molecule has 0 spiro atoms. The second-order valence-corrected chi connectivity index (χ2v) is 4.93. The van der Waals surface area contributed by atoms with Gasteiger partial charge in [-0.15, -0.1) is 0 Å². The molecular weight excluding hydrogens is 192 g/mol. The van der Waals surface area contributed by atoms with Crippen LogP contribution in [0.3, 0.4) is 0 Å². The van der Waals surface area contributed by atoms with Crippen molar-refractivity contribution in [1.82, 2.24) is 0 Å². The monoisotopic (exact) mass is 223 g/mol. The molecule has 0 bridgehead atoms. The lowest BCUT2D eigenvalue weighted by atomic mass is 10.0. The highest BCUT2D eigenvalue weighted by atomic mass is 14.0. The molecule has 0 heterocycles. The van der Waals surface area contributed by atoms with Crippen LogP contribution in [0.5, 0.6) is 0 Å². The molecule has 0 aliphatic rings. The first-order chi connectivity index (χ1) is 7.81. The minimum absolute atomic E-state index is 1.09. The number of unbranched alkanes of at least 4 members (excludes halogenated alkanes) is 8. The molecule has 0 heteroatoms. The SMILES string of the molecule is [CH2]CCCCCC(=C)CCCCCCCC. The molecule has 0 rings (SSSR count). The normalized spacial score (nSPS) is 10.6. The van der Waals surface area contributed by atoms with Gasteiger partial charge in [0.1, 0.15) is 0 Å². The van der Waals surface area contributed by atoms with E-state index in [1.807, 2.05) is 0 Å². The van der Waals surface area contributed by atoms with Crippen molar-refractivity contribution in [3.05, 3.63) is 19.1 Å². The summed E-state index contributed by atoms with van der Waals surface area (Å²) in [5, 5.41) is 0. The zero-order valence-corrected chi connectivity index (χ0v) is 11.4. The van der Waals surface area contributed by atoms with Crippen molar-refractivity contribution < 1.29 is 0 Å². The first-order valence-electron chi connectivity index (χ1n) is 7.27. The molecule has 0 atom stereocenters. The van der Waals surface area contributed by atoms with Gasteiger partial charge in [-0.25, -0.2) is 0 Å². The molecular formula is C16H31. The summed E-state index contributed by atoms with van der Waals surface area (Å²) < 4.78 is 0. The van der Waals surface area contributed by atoms with E-state index in [0.29, 0.717) is 0 Å². The van der Waals surface area contributed by atoms with E-state index in [0.717, 1.165) is 6.42 Å². The lowest BCUT2D eigenvalue weighted by Gasteiger charge is -2.05. The Morgan fingerprint density at radius 1 is 0.750 bits per heavy atom. The molecule has 95 valence electrons. The summed E-state index contributed by atoms with van der Waals surface area (Å²) in [4.78, 5) is 0. The average molecular weight is 223 g/mol. The van der Waals surface area contributed by atoms with Crippen molar-refractivity contribution in [3.63, 3.8) is 0 Å².